The van der Waals surface area contributed by atoms with E-state index in [1.54, 1.807) is 34.9 Å². The molecule has 1 heterocycles. The fourth-order valence-corrected chi connectivity index (χ4v) is 3.02. The number of hydrogen-bond donors (Lipinski definition) is 0. The maximum Gasteiger partial charge on any atom is 0.264 e. The van der Waals surface area contributed by atoms with E-state index in [2.05, 4.69) is 11.6 Å². The number of rotatable bonds is 4. The van der Waals surface area contributed by atoms with Crippen molar-refractivity contribution in [3.8, 4) is 0 Å². The molecule has 0 fully saturated rings. The van der Waals surface area contributed by atoms with Gasteiger partial charge in [-0.05, 0) is 36.4 Å². The van der Waals surface area contributed by atoms with Gasteiger partial charge in [-0.3, -0.25) is 9.36 Å². The molecule has 0 unspecified atom stereocenters. The molecule has 0 bridgehead atoms. The first kappa shape index (κ1) is 14.9. The third kappa shape index (κ3) is 2.80. The van der Waals surface area contributed by atoms with Gasteiger partial charge < -0.3 is 0 Å². The number of carbonyl (C=O) groups is 1. The molecule has 110 valence electrons. The number of thioether (sulfide) groups is 1. The monoisotopic (exact) mass is 328 g/mol. The number of imidazole rings is 1. The molecule has 0 amide bonds. The van der Waals surface area contributed by atoms with E-state index in [1.165, 1.54) is 11.8 Å². The van der Waals surface area contributed by atoms with Crippen LogP contribution >= 0.6 is 23.4 Å². The predicted molar refractivity (Wildman–Crippen MR) is 91.8 cm³/mol. The maximum atomic E-state index is 12.9. The summed E-state index contributed by atoms with van der Waals surface area (Å²) in [5.41, 5.74) is 2.18. The molecule has 3 rings (SSSR count). The number of halogens is 1. The molecular weight excluding hydrogens is 316 g/mol. The van der Waals surface area contributed by atoms with Crippen molar-refractivity contribution >= 4 is 40.3 Å². The molecule has 1 aromatic heterocycles. The lowest BCUT2D eigenvalue weighted by molar-refractivity contribution is 0.0955. The van der Waals surface area contributed by atoms with Gasteiger partial charge in [0.25, 0.3) is 5.91 Å². The molecule has 2 aromatic carbocycles. The fraction of sp³-hybridized carbons (Fsp3) is 0.0588. The molecule has 3 aromatic rings. The largest absolute Gasteiger partial charge is 0.268 e. The molecular formula is C17H13ClN2OS. The van der Waals surface area contributed by atoms with Crippen LogP contribution in [-0.2, 0) is 0 Å². The molecule has 0 N–H and O–H groups in total. The van der Waals surface area contributed by atoms with Crippen LogP contribution < -0.4 is 0 Å². The number of benzene rings is 2. The number of para-hydroxylation sites is 2. The van der Waals surface area contributed by atoms with E-state index in [1.807, 2.05) is 24.3 Å². The summed E-state index contributed by atoms with van der Waals surface area (Å²) in [6, 6.07) is 14.5. The van der Waals surface area contributed by atoms with Gasteiger partial charge in [-0.2, -0.15) is 0 Å². The van der Waals surface area contributed by atoms with E-state index in [0.717, 1.165) is 11.0 Å². The van der Waals surface area contributed by atoms with E-state index >= 15 is 0 Å². The van der Waals surface area contributed by atoms with Crippen LogP contribution in [0.1, 0.15) is 10.4 Å². The molecule has 5 heteroatoms. The van der Waals surface area contributed by atoms with Crippen LogP contribution in [0.25, 0.3) is 11.0 Å². The maximum absolute atomic E-state index is 12.9. The Kier molecular flexibility index (Phi) is 4.32. The van der Waals surface area contributed by atoms with Gasteiger partial charge in [0.15, 0.2) is 5.16 Å². The minimum absolute atomic E-state index is 0.114. The van der Waals surface area contributed by atoms with Crippen molar-refractivity contribution in [1.82, 2.24) is 9.55 Å². The Morgan fingerprint density at radius 2 is 1.95 bits per heavy atom. The minimum atomic E-state index is -0.114. The number of fused-ring (bicyclic) bond motifs is 1. The zero-order valence-corrected chi connectivity index (χ0v) is 13.3. The van der Waals surface area contributed by atoms with Crippen molar-refractivity contribution in [1.29, 1.82) is 0 Å². The summed E-state index contributed by atoms with van der Waals surface area (Å²) >= 11 is 7.38. The Balaban J connectivity index is 2.12. The van der Waals surface area contributed by atoms with Crippen molar-refractivity contribution in [2.24, 2.45) is 0 Å². The van der Waals surface area contributed by atoms with E-state index < -0.39 is 0 Å². The standard InChI is InChI=1S/C17H13ClN2OS/c1-2-11-22-17-19-14-5-3-4-6-15(14)20(17)16(21)12-7-9-13(18)10-8-12/h2-10H,1,11H2. The Morgan fingerprint density at radius 3 is 2.68 bits per heavy atom. The van der Waals surface area contributed by atoms with Crippen molar-refractivity contribution in [2.75, 3.05) is 5.75 Å². The SMILES string of the molecule is C=CCSc1nc2ccccc2n1C(=O)c1ccc(Cl)cc1. The number of hydrogen-bond acceptors (Lipinski definition) is 3. The summed E-state index contributed by atoms with van der Waals surface area (Å²) in [4.78, 5) is 17.4. The second-order valence-electron chi connectivity index (χ2n) is 4.63. The first-order chi connectivity index (χ1) is 10.7. The number of aromatic nitrogens is 2. The van der Waals surface area contributed by atoms with Gasteiger partial charge in [0.2, 0.25) is 0 Å². The van der Waals surface area contributed by atoms with Crippen molar-refractivity contribution < 1.29 is 4.79 Å². The van der Waals surface area contributed by atoms with Crippen LogP contribution in [-0.4, -0.2) is 21.2 Å². The quantitative estimate of drug-likeness (QED) is 0.516. The van der Waals surface area contributed by atoms with Gasteiger partial charge in [0, 0.05) is 16.3 Å². The minimum Gasteiger partial charge on any atom is -0.268 e. The van der Waals surface area contributed by atoms with Crippen molar-refractivity contribution in [3.05, 3.63) is 71.8 Å². The van der Waals surface area contributed by atoms with Crippen LogP contribution in [0.15, 0.2) is 66.3 Å². The van der Waals surface area contributed by atoms with Crippen LogP contribution in [0.2, 0.25) is 5.02 Å². The Morgan fingerprint density at radius 1 is 1.23 bits per heavy atom. The summed E-state index contributed by atoms with van der Waals surface area (Å²) in [6.45, 7) is 3.71. The summed E-state index contributed by atoms with van der Waals surface area (Å²) in [7, 11) is 0. The summed E-state index contributed by atoms with van der Waals surface area (Å²) in [6.07, 6.45) is 1.79. The molecule has 22 heavy (non-hydrogen) atoms. The van der Waals surface area contributed by atoms with Gasteiger partial charge >= 0.3 is 0 Å². The molecule has 0 spiro atoms. The molecule has 0 aliphatic rings. The molecule has 0 saturated carbocycles. The van der Waals surface area contributed by atoms with E-state index in [4.69, 9.17) is 11.6 Å². The van der Waals surface area contributed by atoms with Crippen LogP contribution in [0.3, 0.4) is 0 Å². The fourth-order valence-electron chi connectivity index (χ4n) is 2.15. The van der Waals surface area contributed by atoms with Crippen molar-refractivity contribution in [3.63, 3.8) is 0 Å². The number of carbonyl (C=O) groups excluding carboxylic acids is 1. The Hall–Kier alpha value is -2.04. The highest BCUT2D eigenvalue weighted by Crippen LogP contribution is 2.25. The van der Waals surface area contributed by atoms with Gasteiger partial charge in [-0.25, -0.2) is 4.98 Å². The second kappa shape index (κ2) is 6.38. The highest BCUT2D eigenvalue weighted by atomic mass is 35.5. The topological polar surface area (TPSA) is 34.9 Å². The lowest BCUT2D eigenvalue weighted by atomic mass is 10.2. The Labute approximate surface area is 137 Å². The van der Waals surface area contributed by atoms with Gasteiger partial charge in [-0.15, -0.1) is 6.58 Å². The first-order valence-electron chi connectivity index (χ1n) is 6.72. The molecule has 0 aliphatic heterocycles. The second-order valence-corrected chi connectivity index (χ2v) is 6.05. The average Bonchev–Trinajstić information content (AvgIpc) is 2.91. The van der Waals surface area contributed by atoms with Crippen LogP contribution in [0, 0.1) is 0 Å². The van der Waals surface area contributed by atoms with E-state index in [0.29, 0.717) is 21.5 Å². The highest BCUT2D eigenvalue weighted by Gasteiger charge is 2.18. The van der Waals surface area contributed by atoms with Crippen LogP contribution in [0.4, 0.5) is 0 Å². The number of nitrogens with zero attached hydrogens (tertiary/aromatic N) is 2. The van der Waals surface area contributed by atoms with E-state index in [9.17, 15) is 4.79 Å². The van der Waals surface area contributed by atoms with Gasteiger partial charge in [0.1, 0.15) is 0 Å². The molecule has 3 nitrogen and oxygen atoms in total. The smallest absolute Gasteiger partial charge is 0.264 e. The molecule has 0 radical (unpaired) electrons. The normalized spacial score (nSPS) is 10.8. The van der Waals surface area contributed by atoms with Gasteiger partial charge in [0.05, 0.1) is 11.0 Å². The third-order valence-electron chi connectivity index (χ3n) is 3.15. The average molecular weight is 329 g/mol. The van der Waals surface area contributed by atoms with E-state index in [-0.39, 0.29) is 5.91 Å². The summed E-state index contributed by atoms with van der Waals surface area (Å²) in [5.74, 6) is 0.578. The Bertz CT molecular complexity index is 839. The third-order valence-corrected chi connectivity index (χ3v) is 4.34. The molecule has 0 saturated heterocycles. The highest BCUT2D eigenvalue weighted by molar-refractivity contribution is 7.99. The van der Waals surface area contributed by atoms with Gasteiger partial charge in [-0.1, -0.05) is 41.6 Å². The van der Waals surface area contributed by atoms with Crippen molar-refractivity contribution in [2.45, 2.75) is 5.16 Å². The summed E-state index contributed by atoms with van der Waals surface area (Å²) in [5, 5.41) is 1.27. The first-order valence-corrected chi connectivity index (χ1v) is 8.08. The molecule has 0 aliphatic carbocycles. The summed E-state index contributed by atoms with van der Waals surface area (Å²) < 4.78 is 1.65. The lowest BCUT2D eigenvalue weighted by Gasteiger charge is -2.07. The zero-order valence-electron chi connectivity index (χ0n) is 11.7. The predicted octanol–water partition coefficient (Wildman–Crippen LogP) is 4.66. The van der Waals surface area contributed by atoms with Crippen LogP contribution in [0.5, 0.6) is 0 Å². The zero-order chi connectivity index (χ0) is 15.5. The lowest BCUT2D eigenvalue weighted by Crippen LogP contribution is -2.13. The molecule has 0 atom stereocenters.